The van der Waals surface area contributed by atoms with E-state index in [0.29, 0.717) is 34.3 Å². The molecule has 39 heavy (non-hydrogen) atoms. The second-order valence-electron chi connectivity index (χ2n) is 8.90. The van der Waals surface area contributed by atoms with Crippen LogP contribution in [0, 0.1) is 13.8 Å². The molecule has 4 aromatic heterocycles. The van der Waals surface area contributed by atoms with E-state index in [1.165, 1.54) is 31.9 Å². The molecule has 0 aromatic carbocycles. The van der Waals surface area contributed by atoms with E-state index in [-0.39, 0.29) is 5.69 Å². The van der Waals surface area contributed by atoms with Crippen LogP contribution in [0.5, 0.6) is 0 Å². The Morgan fingerprint density at radius 3 is 2.28 bits per heavy atom. The number of carboxylic acid groups (broad SMARTS) is 1. The third-order valence-electron chi connectivity index (χ3n) is 5.09. The molecule has 0 saturated heterocycles. The number of carboxylic acids is 1. The number of aromatic nitrogens is 6. The summed E-state index contributed by atoms with van der Waals surface area (Å²) in [5.74, 6) is 0.341. The van der Waals surface area contributed by atoms with Gasteiger partial charge < -0.3 is 25.9 Å². The van der Waals surface area contributed by atoms with Crippen molar-refractivity contribution in [3.05, 3.63) is 62.1 Å². The SMILES string of the molecule is CC(=O)O.Cc1cnc(=O)[nH]c1NC1CC1.Cc1cnc(Cl)nc1NC1CC1.Nc1cnc2[nH]c(=O)oc2c1. The average Bonchev–Trinajstić information content (AvgIpc) is 3.79. The molecule has 6 rings (SSSR count). The number of nitrogens with two attached hydrogens (primary N) is 1. The lowest BCUT2D eigenvalue weighted by molar-refractivity contribution is -0.134. The second kappa shape index (κ2) is 13.4. The maximum atomic E-state index is 10.8. The zero-order valence-corrected chi connectivity index (χ0v) is 22.4. The maximum Gasteiger partial charge on any atom is 0.418 e. The quantitative estimate of drug-likeness (QED) is 0.199. The van der Waals surface area contributed by atoms with Gasteiger partial charge in [0, 0.05) is 48.6 Å². The molecule has 0 atom stereocenters. The molecule has 7 N–H and O–H groups in total. The van der Waals surface area contributed by atoms with Crippen molar-refractivity contribution < 1.29 is 14.3 Å². The molecule has 0 aliphatic heterocycles. The lowest BCUT2D eigenvalue weighted by atomic mass is 10.3. The molecular weight excluding hydrogens is 530 g/mol. The molecule has 0 bridgehead atoms. The van der Waals surface area contributed by atoms with Gasteiger partial charge in [-0.2, -0.15) is 0 Å². The van der Waals surface area contributed by atoms with Gasteiger partial charge in [-0.3, -0.25) is 14.8 Å². The normalized spacial score (nSPS) is 13.5. The summed E-state index contributed by atoms with van der Waals surface area (Å²) < 4.78 is 4.70. The fourth-order valence-electron chi connectivity index (χ4n) is 2.88. The highest BCUT2D eigenvalue weighted by atomic mass is 35.5. The van der Waals surface area contributed by atoms with Crippen molar-refractivity contribution in [2.24, 2.45) is 0 Å². The fourth-order valence-corrected chi connectivity index (χ4v) is 3.01. The van der Waals surface area contributed by atoms with Crippen LogP contribution in [0.15, 0.2) is 38.7 Å². The van der Waals surface area contributed by atoms with Gasteiger partial charge in [-0.1, -0.05) is 0 Å². The van der Waals surface area contributed by atoms with Crippen molar-refractivity contribution in [1.82, 2.24) is 29.9 Å². The third-order valence-corrected chi connectivity index (χ3v) is 5.27. The third kappa shape index (κ3) is 10.4. The Labute approximate surface area is 227 Å². The van der Waals surface area contributed by atoms with Crippen LogP contribution >= 0.6 is 11.6 Å². The fraction of sp³-hybridized carbons (Fsp3) is 0.375. The molecule has 0 amide bonds. The highest BCUT2D eigenvalue weighted by Gasteiger charge is 2.22. The summed E-state index contributed by atoms with van der Waals surface area (Å²) in [5.41, 5.74) is 8.42. The van der Waals surface area contributed by atoms with Gasteiger partial charge in [-0.15, -0.1) is 0 Å². The highest BCUT2D eigenvalue weighted by Crippen LogP contribution is 2.25. The molecule has 4 heterocycles. The number of carbonyl (C=O) groups is 1. The van der Waals surface area contributed by atoms with Crippen LogP contribution in [-0.4, -0.2) is 53.1 Å². The van der Waals surface area contributed by atoms with Crippen molar-refractivity contribution in [1.29, 1.82) is 0 Å². The van der Waals surface area contributed by atoms with Gasteiger partial charge in [0.1, 0.15) is 11.6 Å². The topological polar surface area (TPSA) is 218 Å². The molecule has 0 unspecified atom stereocenters. The minimum Gasteiger partial charge on any atom is -0.481 e. The number of aryl methyl sites for hydroxylation is 2. The van der Waals surface area contributed by atoms with E-state index < -0.39 is 11.7 Å². The highest BCUT2D eigenvalue weighted by molar-refractivity contribution is 6.28. The monoisotopic (exact) mass is 559 g/mol. The average molecular weight is 560 g/mol. The van der Waals surface area contributed by atoms with Crippen LogP contribution in [0.25, 0.3) is 11.2 Å². The van der Waals surface area contributed by atoms with E-state index in [1.54, 1.807) is 18.5 Å². The number of oxazole rings is 1. The molecule has 14 nitrogen and oxygen atoms in total. The summed E-state index contributed by atoms with van der Waals surface area (Å²) in [4.78, 5) is 50.9. The first-order chi connectivity index (χ1) is 18.5. The molecule has 2 fully saturated rings. The van der Waals surface area contributed by atoms with Gasteiger partial charge in [0.25, 0.3) is 5.97 Å². The number of rotatable bonds is 4. The van der Waals surface area contributed by atoms with Crippen LogP contribution in [0.4, 0.5) is 17.3 Å². The summed E-state index contributed by atoms with van der Waals surface area (Å²) in [7, 11) is 0. The first-order valence-electron chi connectivity index (χ1n) is 12.0. The van der Waals surface area contributed by atoms with Crippen molar-refractivity contribution in [3.63, 3.8) is 0 Å². The van der Waals surface area contributed by atoms with E-state index in [4.69, 9.17) is 31.7 Å². The number of hydrogen-bond acceptors (Lipinski definition) is 11. The number of nitrogens with zero attached hydrogens (tertiary/aromatic N) is 4. The minimum absolute atomic E-state index is 0.288. The standard InChI is InChI=1S/C8H10ClN3.C8H11N3O.C6H5N3O2.C2H4O2/c1-5-4-10-8(9)12-7(5)11-6-2-3-6;1-5-4-9-8(12)11-7(5)10-6-2-3-6;7-3-1-4-5(8-2-3)9-6(10)11-4;1-2(3)4/h4,6H,2-3H2,1H3,(H,10,11,12);4,6H,2-3H2,1H3,(H2,9,10,11,12);1-2H,7H2,(H,8,9,10);1H3,(H,3,4). The molecule has 2 aliphatic rings. The Morgan fingerprint density at radius 1 is 1.03 bits per heavy atom. The zero-order chi connectivity index (χ0) is 28.5. The van der Waals surface area contributed by atoms with Gasteiger partial charge in [0.2, 0.25) is 5.28 Å². The number of pyridine rings is 1. The Kier molecular flexibility index (Phi) is 9.98. The molecule has 2 saturated carbocycles. The predicted molar refractivity (Wildman–Crippen MR) is 147 cm³/mol. The van der Waals surface area contributed by atoms with E-state index >= 15 is 0 Å². The largest absolute Gasteiger partial charge is 0.481 e. The number of hydrogen-bond donors (Lipinski definition) is 6. The van der Waals surface area contributed by atoms with Crippen LogP contribution in [0.2, 0.25) is 5.28 Å². The molecule has 4 aromatic rings. The zero-order valence-electron chi connectivity index (χ0n) is 21.6. The number of anilines is 3. The van der Waals surface area contributed by atoms with Gasteiger partial charge >= 0.3 is 11.4 Å². The number of halogens is 1. The Hall–Kier alpha value is -4.46. The summed E-state index contributed by atoms with van der Waals surface area (Å²) in [6, 6.07) is 2.71. The second-order valence-corrected chi connectivity index (χ2v) is 9.24. The molecule has 15 heteroatoms. The number of aromatic amines is 2. The lowest BCUT2D eigenvalue weighted by Crippen LogP contribution is -2.15. The van der Waals surface area contributed by atoms with Crippen LogP contribution in [0.3, 0.4) is 0 Å². The Bertz CT molecular complexity index is 1520. The number of fused-ring (bicyclic) bond motifs is 1. The Morgan fingerprint density at radius 2 is 1.64 bits per heavy atom. The van der Waals surface area contributed by atoms with Gasteiger partial charge in [-0.25, -0.2) is 29.5 Å². The summed E-state index contributed by atoms with van der Waals surface area (Å²) >= 11 is 5.66. The van der Waals surface area contributed by atoms with Crippen molar-refractivity contribution in [2.45, 2.75) is 58.5 Å². The summed E-state index contributed by atoms with van der Waals surface area (Å²) in [5, 5.41) is 14.2. The first-order valence-corrected chi connectivity index (χ1v) is 12.4. The number of nitrogens with one attached hydrogen (secondary N) is 4. The molecule has 0 spiro atoms. The van der Waals surface area contributed by atoms with Crippen molar-refractivity contribution >= 4 is 46.1 Å². The molecule has 2 aliphatic carbocycles. The number of nitrogen functional groups attached to an aromatic ring is 1. The van der Waals surface area contributed by atoms with E-state index in [2.05, 4.69) is 40.5 Å². The van der Waals surface area contributed by atoms with E-state index in [0.717, 1.165) is 29.7 Å². The smallest absolute Gasteiger partial charge is 0.418 e. The van der Waals surface area contributed by atoms with Crippen LogP contribution < -0.4 is 27.8 Å². The van der Waals surface area contributed by atoms with Crippen LogP contribution in [0.1, 0.15) is 43.7 Å². The van der Waals surface area contributed by atoms with Crippen molar-refractivity contribution in [3.8, 4) is 0 Å². The van der Waals surface area contributed by atoms with Gasteiger partial charge in [-0.05, 0) is 51.1 Å². The minimum atomic E-state index is -0.833. The van der Waals surface area contributed by atoms with Crippen LogP contribution in [-0.2, 0) is 4.79 Å². The maximum absolute atomic E-state index is 10.8. The van der Waals surface area contributed by atoms with Gasteiger partial charge in [0.05, 0.1) is 11.9 Å². The summed E-state index contributed by atoms with van der Waals surface area (Å²) in [6.07, 6.45) is 9.65. The number of aliphatic carboxylic acids is 1. The first kappa shape index (κ1) is 29.1. The van der Waals surface area contributed by atoms with E-state index in [9.17, 15) is 9.59 Å². The lowest BCUT2D eigenvalue weighted by Gasteiger charge is -2.05. The predicted octanol–water partition coefficient (Wildman–Crippen LogP) is 2.85. The Balaban J connectivity index is 0.000000151. The van der Waals surface area contributed by atoms with Crippen molar-refractivity contribution in [2.75, 3.05) is 16.4 Å². The number of H-pyrrole nitrogens is 2. The molecule has 0 radical (unpaired) electrons. The summed E-state index contributed by atoms with van der Waals surface area (Å²) in [6.45, 7) is 4.98. The molecular formula is C24H30ClN9O5. The van der Waals surface area contributed by atoms with E-state index in [1.807, 2.05) is 13.8 Å². The molecule has 208 valence electrons. The van der Waals surface area contributed by atoms with Gasteiger partial charge in [0.15, 0.2) is 11.2 Å².